The molecule has 1 aliphatic rings. The van der Waals surface area contributed by atoms with Crippen molar-refractivity contribution in [3.63, 3.8) is 0 Å². The third-order valence-corrected chi connectivity index (χ3v) is 4.19. The Bertz CT molecular complexity index is 572. The number of benzene rings is 1. The van der Waals surface area contributed by atoms with Crippen molar-refractivity contribution in [2.75, 3.05) is 21.3 Å². The van der Waals surface area contributed by atoms with Crippen LogP contribution in [0.25, 0.3) is 0 Å². The van der Waals surface area contributed by atoms with Crippen LogP contribution in [-0.2, 0) is 4.79 Å². The van der Waals surface area contributed by atoms with Crippen LogP contribution in [-0.4, -0.2) is 33.1 Å². The molecule has 2 N–H and O–H groups in total. The number of rotatable bonds is 6. The molecular weight excluding hydrogens is 312 g/mol. The maximum Gasteiger partial charge on any atom is 0.269 e. The van der Waals surface area contributed by atoms with Gasteiger partial charge in [0.05, 0.1) is 21.3 Å². The zero-order valence-corrected chi connectivity index (χ0v) is 14.3. The molecule has 132 valence electrons. The standard InChI is InChI=1S/C17H24N2O5/c1-22-13-9-12(10-14(23-2)16(13)24-3)17(21)19-18-15(20)8-11-6-4-5-7-11/h9-11H,4-8H2,1-3H3,(H,18,20)(H,19,21). The van der Waals surface area contributed by atoms with Crippen LogP contribution < -0.4 is 25.1 Å². The molecule has 0 spiro atoms. The van der Waals surface area contributed by atoms with Gasteiger partial charge in [-0.15, -0.1) is 0 Å². The summed E-state index contributed by atoms with van der Waals surface area (Å²) in [7, 11) is 4.44. The molecule has 0 atom stereocenters. The van der Waals surface area contributed by atoms with Crippen LogP contribution in [0.5, 0.6) is 17.2 Å². The molecule has 1 aromatic carbocycles. The summed E-state index contributed by atoms with van der Waals surface area (Å²) in [6.07, 6.45) is 4.95. The second-order valence-electron chi connectivity index (χ2n) is 5.77. The number of methoxy groups -OCH3 is 3. The molecule has 1 aromatic rings. The monoisotopic (exact) mass is 336 g/mol. The predicted octanol–water partition coefficient (Wildman–Crippen LogP) is 2.05. The van der Waals surface area contributed by atoms with E-state index in [1.165, 1.54) is 46.3 Å². The quantitative estimate of drug-likeness (QED) is 0.777. The van der Waals surface area contributed by atoms with Crippen molar-refractivity contribution in [1.82, 2.24) is 10.9 Å². The maximum absolute atomic E-state index is 12.2. The fourth-order valence-corrected chi connectivity index (χ4v) is 2.94. The second kappa shape index (κ2) is 8.42. The van der Waals surface area contributed by atoms with Gasteiger partial charge < -0.3 is 14.2 Å². The van der Waals surface area contributed by atoms with E-state index in [4.69, 9.17) is 14.2 Å². The lowest BCUT2D eigenvalue weighted by atomic mass is 10.0. The van der Waals surface area contributed by atoms with Gasteiger partial charge in [-0.1, -0.05) is 12.8 Å². The van der Waals surface area contributed by atoms with Gasteiger partial charge >= 0.3 is 0 Å². The molecule has 0 aromatic heterocycles. The zero-order chi connectivity index (χ0) is 17.5. The minimum atomic E-state index is -0.450. The van der Waals surface area contributed by atoms with Gasteiger partial charge in [0.25, 0.3) is 5.91 Å². The summed E-state index contributed by atoms with van der Waals surface area (Å²) < 4.78 is 15.6. The molecule has 0 unspecified atom stereocenters. The molecule has 2 amide bonds. The summed E-state index contributed by atoms with van der Waals surface area (Å²) in [6.45, 7) is 0. The van der Waals surface area contributed by atoms with E-state index in [2.05, 4.69) is 10.9 Å². The van der Waals surface area contributed by atoms with Crippen LogP contribution in [0.2, 0.25) is 0 Å². The third-order valence-electron chi connectivity index (χ3n) is 4.19. The Kier molecular flexibility index (Phi) is 6.28. The molecule has 0 radical (unpaired) electrons. The van der Waals surface area contributed by atoms with Crippen molar-refractivity contribution < 1.29 is 23.8 Å². The zero-order valence-electron chi connectivity index (χ0n) is 14.3. The van der Waals surface area contributed by atoms with Gasteiger partial charge in [-0.25, -0.2) is 0 Å². The number of ether oxygens (including phenoxy) is 3. The Morgan fingerprint density at radius 2 is 1.58 bits per heavy atom. The molecule has 2 rings (SSSR count). The Labute approximate surface area is 141 Å². The van der Waals surface area contributed by atoms with Crippen molar-refractivity contribution in [3.8, 4) is 17.2 Å². The second-order valence-corrected chi connectivity index (χ2v) is 5.77. The molecule has 7 nitrogen and oxygen atoms in total. The number of nitrogens with one attached hydrogen (secondary N) is 2. The van der Waals surface area contributed by atoms with E-state index in [1.807, 2.05) is 0 Å². The lowest BCUT2D eigenvalue weighted by Gasteiger charge is -2.14. The average Bonchev–Trinajstić information content (AvgIpc) is 3.11. The summed E-state index contributed by atoms with van der Waals surface area (Å²) in [5.41, 5.74) is 5.18. The van der Waals surface area contributed by atoms with Gasteiger partial charge in [0.2, 0.25) is 11.7 Å². The number of hydrogen-bond acceptors (Lipinski definition) is 5. The molecule has 1 aliphatic carbocycles. The highest BCUT2D eigenvalue weighted by Gasteiger charge is 2.20. The Morgan fingerprint density at radius 3 is 2.08 bits per heavy atom. The van der Waals surface area contributed by atoms with Gasteiger partial charge in [-0.05, 0) is 30.9 Å². The molecule has 0 heterocycles. The van der Waals surface area contributed by atoms with Crippen LogP contribution in [0.1, 0.15) is 42.5 Å². The summed E-state index contributed by atoms with van der Waals surface area (Å²) >= 11 is 0. The van der Waals surface area contributed by atoms with E-state index in [1.54, 1.807) is 0 Å². The smallest absolute Gasteiger partial charge is 0.269 e. The van der Waals surface area contributed by atoms with Crippen molar-refractivity contribution >= 4 is 11.8 Å². The van der Waals surface area contributed by atoms with E-state index < -0.39 is 5.91 Å². The van der Waals surface area contributed by atoms with Crippen molar-refractivity contribution in [2.45, 2.75) is 32.1 Å². The first-order valence-electron chi connectivity index (χ1n) is 7.98. The molecular formula is C17H24N2O5. The predicted molar refractivity (Wildman–Crippen MR) is 88.3 cm³/mol. The largest absolute Gasteiger partial charge is 0.493 e. The summed E-state index contributed by atoms with van der Waals surface area (Å²) in [6, 6.07) is 3.06. The van der Waals surface area contributed by atoms with Crippen LogP contribution in [0, 0.1) is 5.92 Å². The molecule has 0 aliphatic heterocycles. The fraction of sp³-hybridized carbons (Fsp3) is 0.529. The SMILES string of the molecule is COc1cc(C(=O)NNC(=O)CC2CCCC2)cc(OC)c1OC. The first-order valence-corrected chi connectivity index (χ1v) is 7.98. The highest BCUT2D eigenvalue weighted by molar-refractivity contribution is 5.96. The number of carbonyl (C=O) groups excluding carboxylic acids is 2. The van der Waals surface area contributed by atoms with Gasteiger partial charge in [0.15, 0.2) is 11.5 Å². The van der Waals surface area contributed by atoms with Gasteiger partial charge in [-0.3, -0.25) is 20.4 Å². The first kappa shape index (κ1) is 17.9. The molecule has 0 bridgehead atoms. The van der Waals surface area contributed by atoms with Crippen molar-refractivity contribution in [2.24, 2.45) is 5.92 Å². The summed E-state index contributed by atoms with van der Waals surface area (Å²) in [5.74, 6) is 0.945. The van der Waals surface area contributed by atoms with Crippen LogP contribution in [0.3, 0.4) is 0 Å². The minimum absolute atomic E-state index is 0.178. The lowest BCUT2D eigenvalue weighted by molar-refractivity contribution is -0.122. The van der Waals surface area contributed by atoms with Gasteiger partial charge in [0.1, 0.15) is 0 Å². The number of amides is 2. The normalized spacial score (nSPS) is 14.1. The van der Waals surface area contributed by atoms with Gasteiger partial charge in [0, 0.05) is 12.0 Å². The van der Waals surface area contributed by atoms with E-state index in [0.717, 1.165) is 12.8 Å². The lowest BCUT2D eigenvalue weighted by Crippen LogP contribution is -2.42. The summed E-state index contributed by atoms with van der Waals surface area (Å²) in [5, 5.41) is 0. The molecule has 1 saturated carbocycles. The van der Waals surface area contributed by atoms with Gasteiger partial charge in [-0.2, -0.15) is 0 Å². The average molecular weight is 336 g/mol. The Balaban J connectivity index is 1.99. The van der Waals surface area contributed by atoms with E-state index in [-0.39, 0.29) is 5.91 Å². The first-order chi connectivity index (χ1) is 11.6. The highest BCUT2D eigenvalue weighted by Crippen LogP contribution is 2.38. The third kappa shape index (κ3) is 4.31. The number of hydrogen-bond donors (Lipinski definition) is 2. The fourth-order valence-electron chi connectivity index (χ4n) is 2.94. The Hall–Kier alpha value is -2.44. The maximum atomic E-state index is 12.2. The summed E-state index contributed by atoms with van der Waals surface area (Å²) in [4.78, 5) is 24.1. The van der Waals surface area contributed by atoms with E-state index in [9.17, 15) is 9.59 Å². The van der Waals surface area contributed by atoms with E-state index in [0.29, 0.717) is 35.2 Å². The molecule has 24 heavy (non-hydrogen) atoms. The molecule has 0 saturated heterocycles. The highest BCUT2D eigenvalue weighted by atomic mass is 16.5. The molecule has 1 fully saturated rings. The topological polar surface area (TPSA) is 85.9 Å². The number of hydrazine groups is 1. The molecule has 7 heteroatoms. The number of carbonyl (C=O) groups is 2. The van der Waals surface area contributed by atoms with Crippen molar-refractivity contribution in [1.29, 1.82) is 0 Å². The van der Waals surface area contributed by atoms with Crippen molar-refractivity contribution in [3.05, 3.63) is 17.7 Å². The van der Waals surface area contributed by atoms with E-state index >= 15 is 0 Å². The Morgan fingerprint density at radius 1 is 1.00 bits per heavy atom. The van der Waals surface area contributed by atoms with Crippen LogP contribution in [0.4, 0.5) is 0 Å². The van der Waals surface area contributed by atoms with Crippen LogP contribution >= 0.6 is 0 Å². The van der Waals surface area contributed by atoms with Crippen LogP contribution in [0.15, 0.2) is 12.1 Å². The minimum Gasteiger partial charge on any atom is -0.493 e.